The van der Waals surface area contributed by atoms with Gasteiger partial charge in [-0.05, 0) is 37.5 Å². The van der Waals surface area contributed by atoms with Gasteiger partial charge in [-0.3, -0.25) is 0 Å². The van der Waals surface area contributed by atoms with Crippen LogP contribution in [0.2, 0.25) is 0 Å². The molecular formula is C18H27N5O2S. The third-order valence-corrected chi connectivity index (χ3v) is 4.96. The Labute approximate surface area is 155 Å². The zero-order valence-electron chi connectivity index (χ0n) is 15.6. The van der Waals surface area contributed by atoms with Gasteiger partial charge in [0, 0.05) is 26.2 Å². The Morgan fingerprint density at radius 3 is 2.50 bits per heavy atom. The first-order valence-corrected chi connectivity index (χ1v) is 10.3. The van der Waals surface area contributed by atoms with Crippen molar-refractivity contribution in [3.63, 3.8) is 0 Å². The van der Waals surface area contributed by atoms with E-state index in [-0.39, 0.29) is 4.90 Å². The van der Waals surface area contributed by atoms with E-state index in [0.29, 0.717) is 6.54 Å². The first-order chi connectivity index (χ1) is 12.3. The fraction of sp³-hybridized carbons (Fsp3) is 0.444. The number of primary sulfonamides is 1. The molecule has 2 rings (SSSR count). The average Bonchev–Trinajstić information content (AvgIpc) is 2.59. The number of anilines is 2. The molecule has 0 fully saturated rings. The zero-order valence-corrected chi connectivity index (χ0v) is 16.4. The van der Waals surface area contributed by atoms with Gasteiger partial charge >= 0.3 is 0 Å². The lowest BCUT2D eigenvalue weighted by Gasteiger charge is -2.19. The second-order valence-electron chi connectivity index (χ2n) is 6.30. The highest BCUT2D eigenvalue weighted by atomic mass is 32.2. The summed E-state index contributed by atoms with van der Waals surface area (Å²) in [4.78, 5) is 11.2. The molecule has 1 aromatic carbocycles. The molecule has 0 aliphatic rings. The molecule has 142 valence electrons. The van der Waals surface area contributed by atoms with Gasteiger partial charge in [-0.15, -0.1) is 0 Å². The van der Waals surface area contributed by atoms with Gasteiger partial charge in [-0.25, -0.2) is 23.5 Å². The Kier molecular flexibility index (Phi) is 6.93. The molecule has 0 amide bonds. The Morgan fingerprint density at radius 2 is 1.88 bits per heavy atom. The van der Waals surface area contributed by atoms with Crippen molar-refractivity contribution in [1.82, 2.24) is 9.97 Å². The van der Waals surface area contributed by atoms with Gasteiger partial charge in [0.2, 0.25) is 10.0 Å². The fourth-order valence-corrected chi connectivity index (χ4v) is 3.04. The highest BCUT2D eigenvalue weighted by Crippen LogP contribution is 2.16. The lowest BCUT2D eigenvalue weighted by Crippen LogP contribution is -2.20. The third kappa shape index (κ3) is 5.96. The summed E-state index contributed by atoms with van der Waals surface area (Å²) in [5.41, 5.74) is 1.02. The highest BCUT2D eigenvalue weighted by Gasteiger charge is 2.08. The molecule has 1 heterocycles. The molecule has 2 aromatic rings. The van der Waals surface area contributed by atoms with E-state index in [1.807, 2.05) is 20.0 Å². The van der Waals surface area contributed by atoms with E-state index >= 15 is 0 Å². The second kappa shape index (κ2) is 8.95. The number of hydrogen-bond acceptors (Lipinski definition) is 6. The van der Waals surface area contributed by atoms with Crippen LogP contribution in [-0.2, 0) is 16.4 Å². The Bertz CT molecular complexity index is 822. The lowest BCUT2D eigenvalue weighted by atomic mass is 10.1. The predicted molar refractivity (Wildman–Crippen MR) is 105 cm³/mol. The normalized spacial score (nSPS) is 11.4. The average molecular weight is 378 g/mol. The van der Waals surface area contributed by atoms with Crippen LogP contribution in [-0.4, -0.2) is 38.5 Å². The van der Waals surface area contributed by atoms with Gasteiger partial charge in [-0.2, -0.15) is 0 Å². The molecule has 0 saturated heterocycles. The monoisotopic (exact) mass is 377 g/mol. The maximum atomic E-state index is 11.3. The van der Waals surface area contributed by atoms with Gasteiger partial charge in [0.1, 0.15) is 17.5 Å². The zero-order chi connectivity index (χ0) is 19.2. The van der Waals surface area contributed by atoms with Gasteiger partial charge in [0.05, 0.1) is 4.90 Å². The van der Waals surface area contributed by atoms with Crippen molar-refractivity contribution in [2.45, 2.75) is 38.0 Å². The summed E-state index contributed by atoms with van der Waals surface area (Å²) in [5.74, 6) is 2.42. The molecular weight excluding hydrogens is 350 g/mol. The summed E-state index contributed by atoms with van der Waals surface area (Å²) in [6.45, 7) is 5.70. The first kappa shape index (κ1) is 20.1. The standard InChI is InChI=1S/C18H27N5O2S/c1-4-5-12-23(3)18-13-17(21-14(2)22-18)20-11-10-15-6-8-16(9-7-15)26(19,24)25/h6-9,13H,4-5,10-12H2,1-3H3,(H2,19,24,25)(H,20,21,22). The van der Waals surface area contributed by atoms with Crippen LogP contribution in [0.4, 0.5) is 11.6 Å². The summed E-state index contributed by atoms with van der Waals surface area (Å²) >= 11 is 0. The van der Waals surface area contributed by atoms with Crippen LogP contribution in [0.15, 0.2) is 35.2 Å². The number of rotatable bonds is 9. The maximum Gasteiger partial charge on any atom is 0.238 e. The van der Waals surface area contributed by atoms with E-state index in [1.54, 1.807) is 12.1 Å². The molecule has 1 aromatic heterocycles. The number of sulfonamides is 1. The molecule has 0 bridgehead atoms. The molecule has 0 unspecified atom stereocenters. The number of hydrogen-bond donors (Lipinski definition) is 2. The minimum Gasteiger partial charge on any atom is -0.370 e. The predicted octanol–water partition coefficient (Wildman–Crippen LogP) is 2.32. The summed E-state index contributed by atoms with van der Waals surface area (Å²) < 4.78 is 22.6. The van der Waals surface area contributed by atoms with Gasteiger partial charge in [0.25, 0.3) is 0 Å². The van der Waals surface area contributed by atoms with E-state index in [0.717, 1.165) is 48.8 Å². The van der Waals surface area contributed by atoms with Crippen LogP contribution in [0.1, 0.15) is 31.2 Å². The number of nitrogens with two attached hydrogens (primary N) is 1. The van der Waals surface area contributed by atoms with Crippen LogP contribution in [0, 0.1) is 6.92 Å². The summed E-state index contributed by atoms with van der Waals surface area (Å²) in [6, 6.07) is 8.56. The number of unbranched alkanes of at least 4 members (excludes halogenated alkanes) is 1. The molecule has 0 atom stereocenters. The summed E-state index contributed by atoms with van der Waals surface area (Å²) in [7, 11) is -1.61. The molecule has 8 heteroatoms. The molecule has 7 nitrogen and oxygen atoms in total. The topological polar surface area (TPSA) is 101 Å². The van der Waals surface area contributed by atoms with E-state index in [2.05, 4.69) is 27.1 Å². The van der Waals surface area contributed by atoms with Crippen molar-refractivity contribution in [2.75, 3.05) is 30.4 Å². The molecule has 26 heavy (non-hydrogen) atoms. The minimum atomic E-state index is -3.64. The van der Waals surface area contributed by atoms with Crippen LogP contribution >= 0.6 is 0 Å². The molecule has 3 N–H and O–H groups in total. The number of aromatic nitrogens is 2. The third-order valence-electron chi connectivity index (χ3n) is 4.03. The van der Waals surface area contributed by atoms with E-state index in [1.165, 1.54) is 12.1 Å². The van der Waals surface area contributed by atoms with Crippen molar-refractivity contribution < 1.29 is 8.42 Å². The number of benzene rings is 1. The van der Waals surface area contributed by atoms with E-state index < -0.39 is 10.0 Å². The Morgan fingerprint density at radius 1 is 1.19 bits per heavy atom. The number of nitrogens with zero attached hydrogens (tertiary/aromatic N) is 3. The second-order valence-corrected chi connectivity index (χ2v) is 7.86. The number of aryl methyl sites for hydroxylation is 1. The Balaban J connectivity index is 1.96. The summed E-state index contributed by atoms with van der Waals surface area (Å²) in [5, 5.41) is 8.42. The largest absolute Gasteiger partial charge is 0.370 e. The van der Waals surface area contributed by atoms with E-state index in [4.69, 9.17) is 5.14 Å². The first-order valence-electron chi connectivity index (χ1n) is 8.72. The van der Waals surface area contributed by atoms with Crippen LogP contribution in [0.3, 0.4) is 0 Å². The van der Waals surface area contributed by atoms with Gasteiger partial charge in [0.15, 0.2) is 0 Å². The quantitative estimate of drug-likeness (QED) is 0.695. The van der Waals surface area contributed by atoms with E-state index in [9.17, 15) is 8.42 Å². The highest BCUT2D eigenvalue weighted by molar-refractivity contribution is 7.89. The van der Waals surface area contributed by atoms with Crippen LogP contribution in [0.25, 0.3) is 0 Å². The number of nitrogens with one attached hydrogen (secondary N) is 1. The summed E-state index contributed by atoms with van der Waals surface area (Å²) in [6.07, 6.45) is 3.01. The van der Waals surface area contributed by atoms with Crippen molar-refractivity contribution in [2.24, 2.45) is 5.14 Å². The van der Waals surface area contributed by atoms with Crippen molar-refractivity contribution in [3.8, 4) is 0 Å². The van der Waals surface area contributed by atoms with Crippen LogP contribution < -0.4 is 15.4 Å². The van der Waals surface area contributed by atoms with Crippen molar-refractivity contribution in [1.29, 1.82) is 0 Å². The van der Waals surface area contributed by atoms with Crippen molar-refractivity contribution in [3.05, 3.63) is 41.7 Å². The van der Waals surface area contributed by atoms with Crippen molar-refractivity contribution >= 4 is 21.7 Å². The molecule has 0 aliphatic carbocycles. The SMILES string of the molecule is CCCCN(C)c1cc(NCCc2ccc(S(N)(=O)=O)cc2)nc(C)n1. The fourth-order valence-electron chi connectivity index (χ4n) is 2.53. The Hall–Kier alpha value is -2.19. The van der Waals surface area contributed by atoms with Gasteiger partial charge < -0.3 is 10.2 Å². The minimum absolute atomic E-state index is 0.125. The van der Waals surface area contributed by atoms with Gasteiger partial charge in [-0.1, -0.05) is 25.5 Å². The smallest absolute Gasteiger partial charge is 0.238 e. The molecule has 0 aliphatic heterocycles. The molecule has 0 spiro atoms. The lowest BCUT2D eigenvalue weighted by molar-refractivity contribution is 0.598. The molecule has 0 saturated carbocycles. The van der Waals surface area contributed by atoms with Crippen LogP contribution in [0.5, 0.6) is 0 Å². The molecule has 0 radical (unpaired) electrons. The maximum absolute atomic E-state index is 11.3.